The zero-order chi connectivity index (χ0) is 34.8. The van der Waals surface area contributed by atoms with Crippen LogP contribution in [0, 0.1) is 0 Å². The number of nitrogens with zero attached hydrogens (tertiary/aromatic N) is 2. The zero-order valence-corrected chi connectivity index (χ0v) is 29.9. The van der Waals surface area contributed by atoms with Crippen LogP contribution in [0.5, 0.6) is 0 Å². The summed E-state index contributed by atoms with van der Waals surface area (Å²) in [7, 11) is -3.99. The second-order valence-corrected chi connectivity index (χ2v) is 15.7. The molecule has 0 fully saturated rings. The van der Waals surface area contributed by atoms with Crippen molar-refractivity contribution in [2.45, 2.75) is 57.8 Å². The molecule has 0 aromatic heterocycles. The fraction of sp³-hybridized carbons (Fsp3) is 0.310. The van der Waals surface area contributed by atoms with Gasteiger partial charge in [0.15, 0.2) is 12.3 Å². The van der Waals surface area contributed by atoms with Gasteiger partial charge in [-0.2, -0.15) is 13.0 Å². The molecule has 0 bridgehead atoms. The van der Waals surface area contributed by atoms with E-state index in [0.717, 1.165) is 18.7 Å². The average molecular weight is 675 g/mol. The maximum atomic E-state index is 11.4. The van der Waals surface area contributed by atoms with Crippen LogP contribution < -0.4 is 10.6 Å². The smallest absolute Gasteiger partial charge is 0.264 e. The van der Waals surface area contributed by atoms with Gasteiger partial charge in [-0.3, -0.25) is 4.55 Å². The Balaban J connectivity index is 1.26. The van der Waals surface area contributed by atoms with E-state index in [1.807, 2.05) is 0 Å². The molecule has 4 aromatic rings. The first-order valence-electron chi connectivity index (χ1n) is 17.3. The molecule has 0 atom stereocenters. The van der Waals surface area contributed by atoms with Gasteiger partial charge < -0.3 is 10.6 Å². The molecule has 7 heteroatoms. The van der Waals surface area contributed by atoms with E-state index in [4.69, 9.17) is 5.73 Å². The number of benzene rings is 4. The third-order valence-corrected chi connectivity index (χ3v) is 10.9. The normalized spacial score (nSPS) is 17.9. The molecule has 0 saturated heterocycles. The first-order chi connectivity index (χ1) is 23.4. The second-order valence-electron chi connectivity index (χ2n) is 14.1. The molecule has 2 heterocycles. The Labute approximate surface area is 291 Å². The van der Waals surface area contributed by atoms with Crippen LogP contribution in [0.3, 0.4) is 0 Å². The van der Waals surface area contributed by atoms with Crippen LogP contribution >= 0.6 is 0 Å². The third kappa shape index (κ3) is 6.80. The Bertz CT molecular complexity index is 2150. The van der Waals surface area contributed by atoms with Crippen LogP contribution in [0.25, 0.3) is 21.5 Å². The minimum Gasteiger partial charge on any atom is -0.343 e. The molecule has 2 aliphatic rings. The molecule has 0 spiro atoms. The predicted molar refractivity (Wildman–Crippen MR) is 206 cm³/mol. The molecule has 0 radical (unpaired) electrons. The van der Waals surface area contributed by atoms with Crippen LogP contribution in [0.2, 0.25) is 0 Å². The highest BCUT2D eigenvalue weighted by Gasteiger charge is 2.45. The fourth-order valence-corrected chi connectivity index (χ4v) is 8.21. The maximum Gasteiger partial charge on any atom is 0.264 e. The summed E-state index contributed by atoms with van der Waals surface area (Å²) in [5.74, 6) is -0.228. The lowest BCUT2D eigenvalue weighted by Crippen LogP contribution is -2.28. The van der Waals surface area contributed by atoms with E-state index in [-0.39, 0.29) is 16.6 Å². The van der Waals surface area contributed by atoms with E-state index in [0.29, 0.717) is 25.9 Å². The van der Waals surface area contributed by atoms with Gasteiger partial charge in [-0.1, -0.05) is 111 Å². The van der Waals surface area contributed by atoms with Crippen LogP contribution in [0.1, 0.15) is 58.1 Å². The van der Waals surface area contributed by atoms with Crippen molar-refractivity contribution in [2.75, 3.05) is 30.3 Å². The van der Waals surface area contributed by atoms with Gasteiger partial charge in [-0.15, -0.1) is 0 Å². The lowest BCUT2D eigenvalue weighted by atomic mass is 9.80. The summed E-state index contributed by atoms with van der Waals surface area (Å²) in [4.78, 5) is 2.34. The van der Waals surface area contributed by atoms with Gasteiger partial charge in [-0.25, -0.2) is 0 Å². The van der Waals surface area contributed by atoms with E-state index in [1.54, 1.807) is 0 Å². The van der Waals surface area contributed by atoms with Crippen molar-refractivity contribution in [1.29, 1.82) is 0 Å². The first kappa shape index (κ1) is 34.6. The summed E-state index contributed by atoms with van der Waals surface area (Å²) < 4.78 is 34.5. The van der Waals surface area contributed by atoms with E-state index >= 15 is 0 Å². The Hall–Kier alpha value is -4.30. The molecule has 0 aliphatic carbocycles. The summed E-state index contributed by atoms with van der Waals surface area (Å²) >= 11 is 0. The Morgan fingerprint density at radius 1 is 0.755 bits per heavy atom. The molecule has 4 aromatic carbocycles. The quantitative estimate of drug-likeness (QED) is 0.0680. The van der Waals surface area contributed by atoms with Crippen LogP contribution in [-0.2, 0) is 20.9 Å². The monoisotopic (exact) mass is 674 g/mol. The minimum atomic E-state index is -3.99. The van der Waals surface area contributed by atoms with Crippen molar-refractivity contribution in [2.24, 2.45) is 5.73 Å². The number of fused-ring (bicyclic) bond motifs is 6. The molecule has 3 N–H and O–H groups in total. The molecule has 6 rings (SSSR count). The second kappa shape index (κ2) is 13.9. The van der Waals surface area contributed by atoms with E-state index in [1.165, 1.54) is 49.8 Å². The van der Waals surface area contributed by atoms with E-state index in [2.05, 4.69) is 152 Å². The van der Waals surface area contributed by atoms with Gasteiger partial charge in [0.2, 0.25) is 5.69 Å². The van der Waals surface area contributed by atoms with Crippen molar-refractivity contribution in [3.05, 3.63) is 132 Å². The predicted octanol–water partition coefficient (Wildman–Crippen LogP) is 8.74. The van der Waals surface area contributed by atoms with E-state index < -0.39 is 10.1 Å². The van der Waals surface area contributed by atoms with Crippen LogP contribution in [0.4, 0.5) is 11.4 Å². The molecule has 0 unspecified atom stereocenters. The molecule has 0 saturated carbocycles. The van der Waals surface area contributed by atoms with Crippen molar-refractivity contribution in [3.63, 3.8) is 0 Å². The summed E-state index contributed by atoms with van der Waals surface area (Å²) in [6.45, 7) is 11.3. The van der Waals surface area contributed by atoms with Gasteiger partial charge in [0.1, 0.15) is 0 Å². The molecular weight excluding hydrogens is 627 g/mol. The summed E-state index contributed by atoms with van der Waals surface area (Å²) in [6.07, 6.45) is 16.8. The minimum absolute atomic E-state index is 0.142. The number of hydrogen-bond donors (Lipinski definition) is 2. The van der Waals surface area contributed by atoms with Gasteiger partial charge in [-0.05, 0) is 61.7 Å². The number of rotatable bonds is 12. The standard InChI is InChI=1S/C42H47N3O3S/c1-41(2)35-25-23-31-17-10-12-19-33(31)39(35)44(28-14-15-30-49(46,47)48)37(41)21-8-6-5-7-9-22-38-42(3,4)36-26-24-32-18-11-13-20-34(32)40(36)45(38)29-16-27-43/h5-13,17-26H,14-16,27-30,43H2,1-4H3/p+1. The largest absolute Gasteiger partial charge is 0.343 e. The molecule has 0 amide bonds. The number of hydrogen-bond acceptors (Lipinski definition) is 4. The first-order valence-corrected chi connectivity index (χ1v) is 18.9. The van der Waals surface area contributed by atoms with Crippen molar-refractivity contribution in [3.8, 4) is 0 Å². The average Bonchev–Trinajstić information content (AvgIpc) is 3.43. The van der Waals surface area contributed by atoms with Gasteiger partial charge in [0.25, 0.3) is 10.1 Å². The number of anilines is 1. The highest BCUT2D eigenvalue weighted by atomic mass is 32.2. The van der Waals surface area contributed by atoms with Crippen LogP contribution in [0.15, 0.2) is 121 Å². The Kier molecular flexibility index (Phi) is 9.81. The van der Waals surface area contributed by atoms with Crippen molar-refractivity contribution >= 4 is 48.7 Å². The van der Waals surface area contributed by atoms with Crippen molar-refractivity contribution in [1.82, 2.24) is 0 Å². The topological polar surface area (TPSA) is 86.6 Å². The Morgan fingerprint density at radius 2 is 1.39 bits per heavy atom. The molecular formula is C42H48N3O3S+. The molecule has 254 valence electrons. The highest BCUT2D eigenvalue weighted by Crippen LogP contribution is 2.51. The van der Waals surface area contributed by atoms with Crippen LogP contribution in [-0.4, -0.2) is 48.6 Å². The fourth-order valence-electron chi connectivity index (χ4n) is 7.64. The van der Waals surface area contributed by atoms with E-state index in [9.17, 15) is 13.0 Å². The lowest BCUT2D eigenvalue weighted by molar-refractivity contribution is -0.436. The maximum absolute atomic E-state index is 11.4. The number of allylic oxidation sites excluding steroid dienone is 8. The lowest BCUT2D eigenvalue weighted by Gasteiger charge is -2.27. The summed E-state index contributed by atoms with van der Waals surface area (Å²) in [6, 6.07) is 25.9. The SMILES string of the molecule is CC1(C)C(/C=C/C=C/C=C/C=C2/N(CCCCS(=O)(=O)O)c3c(ccc4ccccc34)C2(C)C)=[N+](CCCN)c2c1ccc1ccccc21. The highest BCUT2D eigenvalue weighted by molar-refractivity contribution is 7.85. The third-order valence-electron chi connectivity index (χ3n) is 10.1. The van der Waals surface area contributed by atoms with Crippen molar-refractivity contribution < 1.29 is 17.5 Å². The van der Waals surface area contributed by atoms with Gasteiger partial charge in [0.05, 0.1) is 22.2 Å². The molecule has 6 nitrogen and oxygen atoms in total. The number of nitrogens with two attached hydrogens (primary N) is 1. The summed E-state index contributed by atoms with van der Waals surface area (Å²) in [5, 5.41) is 4.88. The zero-order valence-electron chi connectivity index (χ0n) is 29.1. The summed E-state index contributed by atoms with van der Waals surface area (Å²) in [5.41, 5.74) is 13.1. The molecule has 2 aliphatic heterocycles. The van der Waals surface area contributed by atoms with Gasteiger partial charge >= 0.3 is 0 Å². The number of unbranched alkanes of at least 4 members (excludes halogenated alkanes) is 1. The Morgan fingerprint density at radius 3 is 2.10 bits per heavy atom. The molecule has 49 heavy (non-hydrogen) atoms. The van der Waals surface area contributed by atoms with Gasteiger partial charge in [0, 0.05) is 41.1 Å².